The summed E-state index contributed by atoms with van der Waals surface area (Å²) in [5.74, 6) is 4.32. The van der Waals surface area contributed by atoms with Crippen molar-refractivity contribution in [3.05, 3.63) is 11.9 Å². The molecule has 0 aliphatic carbocycles. The van der Waals surface area contributed by atoms with Crippen molar-refractivity contribution in [3.8, 4) is 0 Å². The summed E-state index contributed by atoms with van der Waals surface area (Å²) in [5, 5.41) is 0. The molecular weight excluding hydrogens is 232 g/mol. The van der Waals surface area contributed by atoms with Gasteiger partial charge in [-0.05, 0) is 12.8 Å². The van der Waals surface area contributed by atoms with E-state index in [9.17, 15) is 0 Å². The maximum atomic E-state index is 5.99. The van der Waals surface area contributed by atoms with Crippen LogP contribution in [0.4, 0.5) is 11.6 Å². The Kier molecular flexibility index (Phi) is 3.76. The topological polar surface area (TPSA) is 55.0 Å². The summed E-state index contributed by atoms with van der Waals surface area (Å²) in [4.78, 5) is 10.9. The van der Waals surface area contributed by atoms with Gasteiger partial charge in [-0.2, -0.15) is 11.8 Å². The lowest BCUT2D eigenvalue weighted by Crippen LogP contribution is -2.41. The highest BCUT2D eigenvalue weighted by Crippen LogP contribution is 2.32. The molecule has 1 aliphatic rings. The molecule has 94 valence electrons. The Morgan fingerprint density at radius 1 is 1.47 bits per heavy atom. The molecule has 2 N–H and O–H groups in total. The smallest absolute Gasteiger partial charge is 0.137 e. The second kappa shape index (κ2) is 5.12. The Bertz CT molecular complexity index is 394. The molecule has 0 saturated carbocycles. The monoisotopic (exact) mass is 252 g/mol. The number of aromatic nitrogens is 2. The van der Waals surface area contributed by atoms with Crippen molar-refractivity contribution in [3.63, 3.8) is 0 Å². The summed E-state index contributed by atoms with van der Waals surface area (Å²) in [6, 6.07) is 0.514. The third-order valence-electron chi connectivity index (χ3n) is 3.11. The normalized spacial score (nSPS) is 20.9. The molecule has 1 unspecified atom stereocenters. The average molecular weight is 252 g/mol. The molecule has 5 heteroatoms. The Labute approximate surface area is 107 Å². The molecular formula is C12H20N4S. The zero-order valence-electron chi connectivity index (χ0n) is 10.7. The van der Waals surface area contributed by atoms with Crippen LogP contribution in [0.5, 0.6) is 0 Å². The van der Waals surface area contributed by atoms with Crippen LogP contribution in [0, 0.1) is 0 Å². The molecule has 1 aliphatic heterocycles. The maximum absolute atomic E-state index is 5.99. The standard InChI is InChI=1S/C12H20N4S/c1-8(2)10-11(13)14-7-15-12(10)16-4-5-17-6-9(16)3/h7-9H,4-6H2,1-3H3,(H2,13,14,15). The minimum absolute atomic E-state index is 0.355. The molecule has 2 rings (SSSR count). The lowest BCUT2D eigenvalue weighted by Gasteiger charge is -2.35. The van der Waals surface area contributed by atoms with E-state index < -0.39 is 0 Å². The third kappa shape index (κ3) is 2.49. The fourth-order valence-corrected chi connectivity index (χ4v) is 3.24. The fraction of sp³-hybridized carbons (Fsp3) is 0.667. The molecule has 17 heavy (non-hydrogen) atoms. The summed E-state index contributed by atoms with van der Waals surface area (Å²) in [6.07, 6.45) is 1.57. The minimum atomic E-state index is 0.355. The lowest BCUT2D eigenvalue weighted by molar-refractivity contribution is 0.677. The Balaban J connectivity index is 2.40. The minimum Gasteiger partial charge on any atom is -0.383 e. The summed E-state index contributed by atoms with van der Waals surface area (Å²) < 4.78 is 0. The predicted molar refractivity (Wildman–Crippen MR) is 74.7 cm³/mol. The van der Waals surface area contributed by atoms with Gasteiger partial charge >= 0.3 is 0 Å². The van der Waals surface area contributed by atoms with Gasteiger partial charge in [0.2, 0.25) is 0 Å². The molecule has 1 atom stereocenters. The third-order valence-corrected chi connectivity index (χ3v) is 4.30. The van der Waals surface area contributed by atoms with E-state index in [0.29, 0.717) is 17.8 Å². The SMILES string of the molecule is CC(C)c1c(N)ncnc1N1CCSCC1C. The molecule has 0 amide bonds. The summed E-state index contributed by atoms with van der Waals surface area (Å²) in [6.45, 7) is 7.57. The number of nitrogen functional groups attached to an aromatic ring is 1. The van der Waals surface area contributed by atoms with Gasteiger partial charge in [-0.1, -0.05) is 13.8 Å². The summed E-state index contributed by atoms with van der Waals surface area (Å²) in [5.41, 5.74) is 7.08. The van der Waals surface area contributed by atoms with Crippen molar-refractivity contribution < 1.29 is 0 Å². The molecule has 0 spiro atoms. The second-order valence-corrected chi connectivity index (χ2v) is 5.92. The first-order valence-electron chi connectivity index (χ1n) is 6.06. The van der Waals surface area contributed by atoms with Gasteiger partial charge in [0, 0.05) is 29.7 Å². The van der Waals surface area contributed by atoms with E-state index in [4.69, 9.17) is 5.73 Å². The first kappa shape index (κ1) is 12.5. The van der Waals surface area contributed by atoms with Crippen molar-refractivity contribution in [1.82, 2.24) is 9.97 Å². The number of nitrogens with two attached hydrogens (primary N) is 1. The molecule has 1 aromatic heterocycles. The first-order chi connectivity index (χ1) is 8.11. The zero-order valence-corrected chi connectivity index (χ0v) is 11.5. The average Bonchev–Trinajstić information content (AvgIpc) is 2.28. The van der Waals surface area contributed by atoms with Gasteiger partial charge in [0.25, 0.3) is 0 Å². The van der Waals surface area contributed by atoms with Gasteiger partial charge < -0.3 is 10.6 Å². The van der Waals surface area contributed by atoms with E-state index in [-0.39, 0.29) is 0 Å². The lowest BCUT2D eigenvalue weighted by atomic mass is 10.0. The first-order valence-corrected chi connectivity index (χ1v) is 7.21. The number of rotatable bonds is 2. The molecule has 1 saturated heterocycles. The maximum Gasteiger partial charge on any atom is 0.137 e. The van der Waals surface area contributed by atoms with Crippen LogP contribution >= 0.6 is 11.8 Å². The second-order valence-electron chi connectivity index (χ2n) is 4.77. The van der Waals surface area contributed by atoms with Crippen LogP contribution < -0.4 is 10.6 Å². The number of thioether (sulfide) groups is 1. The zero-order chi connectivity index (χ0) is 12.4. The van der Waals surface area contributed by atoms with Crippen molar-refractivity contribution in [2.24, 2.45) is 0 Å². The van der Waals surface area contributed by atoms with Crippen molar-refractivity contribution in [2.75, 3.05) is 28.7 Å². The molecule has 0 radical (unpaired) electrons. The van der Waals surface area contributed by atoms with Crippen LogP contribution in [0.15, 0.2) is 6.33 Å². The quantitative estimate of drug-likeness (QED) is 0.874. The molecule has 2 heterocycles. The Morgan fingerprint density at radius 3 is 2.88 bits per heavy atom. The number of hydrogen-bond donors (Lipinski definition) is 1. The molecule has 0 bridgehead atoms. The highest BCUT2D eigenvalue weighted by molar-refractivity contribution is 7.99. The van der Waals surface area contributed by atoms with Crippen LogP contribution in [0.3, 0.4) is 0 Å². The van der Waals surface area contributed by atoms with Crippen LogP contribution in [-0.2, 0) is 0 Å². The van der Waals surface area contributed by atoms with E-state index in [1.54, 1.807) is 6.33 Å². The summed E-state index contributed by atoms with van der Waals surface area (Å²) in [7, 11) is 0. The van der Waals surface area contributed by atoms with Crippen molar-refractivity contribution >= 4 is 23.4 Å². The number of hydrogen-bond acceptors (Lipinski definition) is 5. The van der Waals surface area contributed by atoms with E-state index in [0.717, 1.165) is 29.4 Å². The molecule has 0 aromatic carbocycles. The van der Waals surface area contributed by atoms with Crippen LogP contribution in [0.25, 0.3) is 0 Å². The van der Waals surface area contributed by atoms with Gasteiger partial charge in [-0.3, -0.25) is 0 Å². The number of nitrogens with zero attached hydrogens (tertiary/aromatic N) is 3. The van der Waals surface area contributed by atoms with E-state index in [2.05, 4.69) is 35.6 Å². The predicted octanol–water partition coefficient (Wildman–Crippen LogP) is 2.12. The van der Waals surface area contributed by atoms with Crippen LogP contribution in [-0.4, -0.2) is 34.1 Å². The molecule has 4 nitrogen and oxygen atoms in total. The van der Waals surface area contributed by atoms with Gasteiger partial charge in [-0.15, -0.1) is 0 Å². The van der Waals surface area contributed by atoms with Gasteiger partial charge in [0.15, 0.2) is 0 Å². The Morgan fingerprint density at radius 2 is 2.24 bits per heavy atom. The van der Waals surface area contributed by atoms with Crippen molar-refractivity contribution in [1.29, 1.82) is 0 Å². The van der Waals surface area contributed by atoms with E-state index in [1.807, 2.05) is 11.8 Å². The fourth-order valence-electron chi connectivity index (χ4n) is 2.22. The largest absolute Gasteiger partial charge is 0.383 e. The molecule has 1 fully saturated rings. The highest BCUT2D eigenvalue weighted by Gasteiger charge is 2.24. The molecule has 1 aromatic rings. The van der Waals surface area contributed by atoms with Crippen LogP contribution in [0.1, 0.15) is 32.3 Å². The Hall–Kier alpha value is -0.970. The van der Waals surface area contributed by atoms with Crippen molar-refractivity contribution in [2.45, 2.75) is 32.7 Å². The van der Waals surface area contributed by atoms with E-state index in [1.165, 1.54) is 0 Å². The summed E-state index contributed by atoms with van der Waals surface area (Å²) >= 11 is 2.00. The van der Waals surface area contributed by atoms with Gasteiger partial charge in [-0.25, -0.2) is 9.97 Å². The number of anilines is 2. The van der Waals surface area contributed by atoms with E-state index >= 15 is 0 Å². The van der Waals surface area contributed by atoms with Gasteiger partial charge in [0.1, 0.15) is 18.0 Å². The highest BCUT2D eigenvalue weighted by atomic mass is 32.2. The van der Waals surface area contributed by atoms with Gasteiger partial charge in [0.05, 0.1) is 0 Å². The van der Waals surface area contributed by atoms with Crippen LogP contribution in [0.2, 0.25) is 0 Å².